The van der Waals surface area contributed by atoms with Gasteiger partial charge in [0.15, 0.2) is 0 Å². The van der Waals surface area contributed by atoms with Gasteiger partial charge < -0.3 is 24.3 Å². The van der Waals surface area contributed by atoms with Gasteiger partial charge in [0.2, 0.25) is 5.76 Å². The number of oxazole rings is 1. The molecule has 0 saturated carbocycles. The van der Waals surface area contributed by atoms with E-state index in [1.165, 1.54) is 7.11 Å². The Morgan fingerprint density at radius 3 is 2.35 bits per heavy atom. The number of likely N-dealkylation sites (tertiary alicyclic amines) is 1. The van der Waals surface area contributed by atoms with Gasteiger partial charge in [-0.15, -0.1) is 0 Å². The van der Waals surface area contributed by atoms with Crippen LogP contribution in [0.4, 0.5) is 16.1 Å². The van der Waals surface area contributed by atoms with E-state index in [2.05, 4.69) is 17.2 Å². The molecule has 0 radical (unpaired) electrons. The van der Waals surface area contributed by atoms with Crippen LogP contribution in [0.15, 0.2) is 52.9 Å². The molecule has 2 aliphatic heterocycles. The molecule has 40 heavy (non-hydrogen) atoms. The Labute approximate surface area is 232 Å². The van der Waals surface area contributed by atoms with Crippen molar-refractivity contribution in [3.63, 3.8) is 0 Å². The van der Waals surface area contributed by atoms with Crippen LogP contribution in [0.25, 0.3) is 11.1 Å². The van der Waals surface area contributed by atoms with Gasteiger partial charge in [-0.3, -0.25) is 9.59 Å². The van der Waals surface area contributed by atoms with Crippen LogP contribution in [-0.4, -0.2) is 60.5 Å². The summed E-state index contributed by atoms with van der Waals surface area (Å²) < 4.78 is 24.2. The first kappa shape index (κ1) is 27.4. The minimum Gasteiger partial charge on any atom is -0.467 e. The first-order valence-corrected chi connectivity index (χ1v) is 13.6. The van der Waals surface area contributed by atoms with Crippen molar-refractivity contribution in [2.24, 2.45) is 5.92 Å². The lowest BCUT2D eigenvalue weighted by atomic mass is 10.0. The number of hydrogen-bond donors (Lipinski definition) is 1. The number of carbonyl (C=O) groups is 3. The molecule has 2 atom stereocenters. The van der Waals surface area contributed by atoms with E-state index in [0.29, 0.717) is 30.1 Å². The van der Waals surface area contributed by atoms with Crippen molar-refractivity contribution >= 4 is 29.5 Å². The highest BCUT2D eigenvalue weighted by Gasteiger charge is 2.35. The molecule has 2 fully saturated rings. The SMILES string of the molecule is COC(=O)[C@@H]1CCCN1C(=O)c1ccc(-c2ccc(NC(=O)c3oc(N4CCCC(C)C4)nc3CF)cc2)cc1. The highest BCUT2D eigenvalue weighted by molar-refractivity contribution is 6.03. The Kier molecular flexibility index (Phi) is 8.14. The lowest BCUT2D eigenvalue weighted by Crippen LogP contribution is -2.41. The molecule has 10 heteroatoms. The lowest BCUT2D eigenvalue weighted by molar-refractivity contribution is -0.145. The summed E-state index contributed by atoms with van der Waals surface area (Å²) >= 11 is 0. The largest absolute Gasteiger partial charge is 0.467 e. The van der Waals surface area contributed by atoms with Gasteiger partial charge >= 0.3 is 5.97 Å². The molecule has 210 valence electrons. The number of amides is 2. The fourth-order valence-electron chi connectivity index (χ4n) is 5.40. The number of alkyl halides is 1. The molecule has 9 nitrogen and oxygen atoms in total. The summed E-state index contributed by atoms with van der Waals surface area (Å²) in [5, 5.41) is 2.76. The van der Waals surface area contributed by atoms with Gasteiger partial charge in [-0.1, -0.05) is 31.2 Å². The quantitative estimate of drug-likeness (QED) is 0.411. The molecule has 2 aliphatic rings. The number of piperidine rings is 1. The summed E-state index contributed by atoms with van der Waals surface area (Å²) in [5.41, 5.74) is 2.78. The summed E-state index contributed by atoms with van der Waals surface area (Å²) in [6.07, 6.45) is 3.48. The number of nitrogens with zero attached hydrogens (tertiary/aromatic N) is 3. The Hall–Kier alpha value is -4.21. The molecular weight excluding hydrogens is 515 g/mol. The van der Waals surface area contributed by atoms with Crippen LogP contribution in [0.2, 0.25) is 0 Å². The van der Waals surface area contributed by atoms with E-state index < -0.39 is 24.6 Å². The number of esters is 1. The Morgan fingerprint density at radius 1 is 1.02 bits per heavy atom. The summed E-state index contributed by atoms with van der Waals surface area (Å²) in [6, 6.07) is 14.1. The van der Waals surface area contributed by atoms with Crippen LogP contribution in [0.1, 0.15) is 59.2 Å². The topological polar surface area (TPSA) is 105 Å². The molecule has 1 aromatic heterocycles. The second kappa shape index (κ2) is 11.9. The number of hydrogen-bond acceptors (Lipinski definition) is 7. The van der Waals surface area contributed by atoms with E-state index in [9.17, 15) is 18.8 Å². The standard InChI is InChI=1S/C30H33FN4O5/c1-19-5-3-15-34(18-19)30-33-24(17-31)26(40-30)27(36)32-23-13-11-21(12-14-23)20-7-9-22(10-8-20)28(37)35-16-4-6-25(35)29(38)39-2/h7-14,19,25H,3-6,15-18H2,1-2H3,(H,32,36)/t19?,25-/m0/s1. The number of benzene rings is 2. The van der Waals surface area contributed by atoms with E-state index in [1.54, 1.807) is 29.2 Å². The number of anilines is 2. The van der Waals surface area contributed by atoms with Crippen LogP contribution in [-0.2, 0) is 16.2 Å². The minimum atomic E-state index is -0.895. The van der Waals surface area contributed by atoms with Crippen LogP contribution in [0, 0.1) is 5.92 Å². The van der Waals surface area contributed by atoms with Crippen molar-refractivity contribution in [3.05, 3.63) is 65.5 Å². The molecule has 0 bridgehead atoms. The molecule has 2 amide bonds. The maximum atomic E-state index is 13.7. The zero-order chi connectivity index (χ0) is 28.2. The number of ether oxygens (including phenoxy) is 1. The van der Waals surface area contributed by atoms with Crippen molar-refractivity contribution < 1.29 is 27.9 Å². The normalized spacial score (nSPS) is 19.0. The first-order chi connectivity index (χ1) is 19.4. The smallest absolute Gasteiger partial charge is 0.328 e. The molecule has 2 saturated heterocycles. The van der Waals surface area contributed by atoms with E-state index in [4.69, 9.17) is 9.15 Å². The zero-order valence-corrected chi connectivity index (χ0v) is 22.7. The summed E-state index contributed by atoms with van der Waals surface area (Å²) in [6.45, 7) is 3.30. The maximum Gasteiger partial charge on any atom is 0.328 e. The van der Waals surface area contributed by atoms with E-state index in [1.807, 2.05) is 29.2 Å². The number of halogens is 1. The summed E-state index contributed by atoms with van der Waals surface area (Å²) in [4.78, 5) is 45.7. The predicted molar refractivity (Wildman–Crippen MR) is 148 cm³/mol. The predicted octanol–water partition coefficient (Wildman–Crippen LogP) is 5.08. The fourth-order valence-corrected chi connectivity index (χ4v) is 5.40. The van der Waals surface area contributed by atoms with Crippen LogP contribution in [0.3, 0.4) is 0 Å². The van der Waals surface area contributed by atoms with Gasteiger partial charge in [0.05, 0.1) is 7.11 Å². The number of methoxy groups -OCH3 is 1. The molecule has 1 unspecified atom stereocenters. The van der Waals surface area contributed by atoms with Gasteiger partial charge in [0.1, 0.15) is 18.4 Å². The maximum absolute atomic E-state index is 13.7. The Bertz CT molecular complexity index is 1370. The monoisotopic (exact) mass is 548 g/mol. The number of carbonyl (C=O) groups excluding carboxylic acids is 3. The lowest BCUT2D eigenvalue weighted by Gasteiger charge is -2.29. The average molecular weight is 549 g/mol. The third-order valence-electron chi connectivity index (χ3n) is 7.54. The van der Waals surface area contributed by atoms with E-state index in [-0.39, 0.29) is 23.4 Å². The molecule has 0 spiro atoms. The highest BCUT2D eigenvalue weighted by Crippen LogP contribution is 2.28. The molecule has 5 rings (SSSR count). The van der Waals surface area contributed by atoms with Crippen molar-refractivity contribution in [1.29, 1.82) is 0 Å². The molecule has 3 aromatic rings. The van der Waals surface area contributed by atoms with Crippen molar-refractivity contribution in [3.8, 4) is 11.1 Å². The Morgan fingerprint density at radius 2 is 1.70 bits per heavy atom. The second-order valence-electron chi connectivity index (χ2n) is 10.4. The summed E-state index contributed by atoms with van der Waals surface area (Å²) in [7, 11) is 1.33. The van der Waals surface area contributed by atoms with Gasteiger partial charge in [-0.2, -0.15) is 4.98 Å². The highest BCUT2D eigenvalue weighted by atomic mass is 19.1. The summed E-state index contributed by atoms with van der Waals surface area (Å²) in [5.74, 6) is -0.788. The van der Waals surface area contributed by atoms with Crippen LogP contribution < -0.4 is 10.2 Å². The average Bonchev–Trinajstić information content (AvgIpc) is 3.65. The third-order valence-corrected chi connectivity index (χ3v) is 7.54. The van der Waals surface area contributed by atoms with Gasteiger partial charge in [-0.25, -0.2) is 9.18 Å². The molecular formula is C30H33FN4O5. The minimum absolute atomic E-state index is 0.0104. The fraction of sp³-hybridized carbons (Fsp3) is 0.400. The van der Waals surface area contributed by atoms with Gasteiger partial charge in [0, 0.05) is 30.9 Å². The molecule has 0 aliphatic carbocycles. The van der Waals surface area contributed by atoms with Crippen LogP contribution in [0.5, 0.6) is 0 Å². The molecule has 2 aromatic carbocycles. The zero-order valence-electron chi connectivity index (χ0n) is 22.7. The second-order valence-corrected chi connectivity index (χ2v) is 10.4. The van der Waals surface area contributed by atoms with Crippen molar-refractivity contribution in [2.45, 2.75) is 45.3 Å². The molecule has 1 N–H and O–H groups in total. The third kappa shape index (κ3) is 5.71. The van der Waals surface area contributed by atoms with Gasteiger partial charge in [-0.05, 0) is 67.0 Å². The van der Waals surface area contributed by atoms with Gasteiger partial charge in [0.25, 0.3) is 17.8 Å². The number of rotatable bonds is 7. The van der Waals surface area contributed by atoms with Crippen molar-refractivity contribution in [1.82, 2.24) is 9.88 Å². The van der Waals surface area contributed by atoms with Crippen LogP contribution >= 0.6 is 0 Å². The van der Waals surface area contributed by atoms with E-state index in [0.717, 1.165) is 43.5 Å². The number of aromatic nitrogens is 1. The van der Waals surface area contributed by atoms with Crippen molar-refractivity contribution in [2.75, 3.05) is 37.0 Å². The van der Waals surface area contributed by atoms with E-state index >= 15 is 0 Å². The molecule has 3 heterocycles. The number of nitrogens with one attached hydrogen (secondary N) is 1. The first-order valence-electron chi connectivity index (χ1n) is 13.6. The Balaban J connectivity index is 1.24.